The molecule has 35 heavy (non-hydrogen) atoms. The van der Waals surface area contributed by atoms with Crippen LogP contribution in [0.4, 0.5) is 9.18 Å². The molecule has 0 aliphatic carbocycles. The molecule has 0 unspecified atom stereocenters. The Labute approximate surface area is 205 Å². The van der Waals surface area contributed by atoms with Crippen LogP contribution >= 0.6 is 0 Å². The number of halogens is 1. The van der Waals surface area contributed by atoms with Crippen molar-refractivity contribution in [2.24, 2.45) is 0 Å². The van der Waals surface area contributed by atoms with Gasteiger partial charge in [-0.2, -0.15) is 0 Å². The number of hydrogen-bond donors (Lipinski definition) is 0. The van der Waals surface area contributed by atoms with Gasteiger partial charge in [0.25, 0.3) is 10.0 Å². The molecule has 3 heterocycles. The largest absolute Gasteiger partial charge is 0.453 e. The molecule has 186 valence electrons. The van der Waals surface area contributed by atoms with E-state index in [1.807, 2.05) is 18.2 Å². The topological polar surface area (TPSA) is 71.8 Å². The lowest BCUT2D eigenvalue weighted by molar-refractivity contribution is 0.0734. The van der Waals surface area contributed by atoms with Crippen LogP contribution in [0.5, 0.6) is 0 Å². The molecule has 2 aliphatic rings. The Kier molecular flexibility index (Phi) is 6.55. The molecule has 0 saturated carbocycles. The maximum atomic E-state index is 13.8. The number of hydrogen-bond acceptors (Lipinski definition) is 5. The van der Waals surface area contributed by atoms with Gasteiger partial charge < -0.3 is 14.5 Å². The van der Waals surface area contributed by atoms with Crippen molar-refractivity contribution in [3.8, 4) is 0 Å². The number of rotatable bonds is 4. The molecule has 2 aliphatic heterocycles. The van der Waals surface area contributed by atoms with Crippen LogP contribution in [0.2, 0.25) is 0 Å². The van der Waals surface area contributed by atoms with Crippen molar-refractivity contribution >= 4 is 27.0 Å². The predicted molar refractivity (Wildman–Crippen MR) is 131 cm³/mol. The smallest absolute Gasteiger partial charge is 0.409 e. The van der Waals surface area contributed by atoms with Gasteiger partial charge >= 0.3 is 6.09 Å². The van der Waals surface area contributed by atoms with E-state index in [1.54, 1.807) is 17.2 Å². The van der Waals surface area contributed by atoms with Crippen LogP contribution < -0.4 is 0 Å². The number of benzene rings is 2. The summed E-state index contributed by atoms with van der Waals surface area (Å²) in [4.78, 5) is 16.0. The molecule has 5 rings (SSSR count). The van der Waals surface area contributed by atoms with Crippen molar-refractivity contribution in [1.82, 2.24) is 13.8 Å². The second-order valence-corrected chi connectivity index (χ2v) is 11.2. The average molecular weight is 500 g/mol. The van der Waals surface area contributed by atoms with Crippen molar-refractivity contribution < 1.29 is 22.3 Å². The highest BCUT2D eigenvalue weighted by Gasteiger charge is 2.32. The van der Waals surface area contributed by atoms with Crippen LogP contribution in [0.1, 0.15) is 37.2 Å². The third-order valence-corrected chi connectivity index (χ3v) is 9.11. The van der Waals surface area contributed by atoms with E-state index in [2.05, 4.69) is 4.90 Å². The maximum Gasteiger partial charge on any atom is 0.409 e. The molecule has 9 heteroatoms. The summed E-state index contributed by atoms with van der Waals surface area (Å²) in [7, 11) is -2.51. The Morgan fingerprint density at radius 3 is 2.37 bits per heavy atom. The molecule has 2 aromatic carbocycles. The van der Waals surface area contributed by atoms with E-state index < -0.39 is 15.8 Å². The summed E-state index contributed by atoms with van der Waals surface area (Å²) in [5.74, 6) is -0.331. The number of likely N-dealkylation sites (tertiary alicyclic amines) is 2. The summed E-state index contributed by atoms with van der Waals surface area (Å²) in [5, 5.41) is 0.928. The molecule has 2 saturated heterocycles. The van der Waals surface area contributed by atoms with E-state index in [-0.39, 0.29) is 16.9 Å². The first-order valence-electron chi connectivity index (χ1n) is 12.1. The summed E-state index contributed by atoms with van der Waals surface area (Å²) >= 11 is 0. The number of carbonyl (C=O) groups excluding carboxylic acids is 1. The highest BCUT2D eigenvalue weighted by molar-refractivity contribution is 7.90. The third kappa shape index (κ3) is 4.54. The molecule has 0 bridgehead atoms. The predicted octanol–water partition coefficient (Wildman–Crippen LogP) is 4.43. The normalized spacial score (nSPS) is 18.7. The quantitative estimate of drug-likeness (QED) is 0.531. The van der Waals surface area contributed by atoms with E-state index in [9.17, 15) is 17.6 Å². The highest BCUT2D eigenvalue weighted by Crippen LogP contribution is 2.37. The lowest BCUT2D eigenvalue weighted by Crippen LogP contribution is -2.48. The molecule has 0 radical (unpaired) electrons. The van der Waals surface area contributed by atoms with Crippen LogP contribution in [-0.2, 0) is 14.8 Å². The zero-order chi connectivity index (χ0) is 24.6. The van der Waals surface area contributed by atoms with Crippen molar-refractivity contribution in [1.29, 1.82) is 0 Å². The minimum atomic E-state index is -3.92. The van der Waals surface area contributed by atoms with Gasteiger partial charge in [0, 0.05) is 30.7 Å². The van der Waals surface area contributed by atoms with Crippen LogP contribution in [0, 0.1) is 5.82 Å². The van der Waals surface area contributed by atoms with Gasteiger partial charge in [0.15, 0.2) is 0 Å². The minimum Gasteiger partial charge on any atom is -0.453 e. The monoisotopic (exact) mass is 499 g/mol. The van der Waals surface area contributed by atoms with Crippen LogP contribution in [-0.4, -0.2) is 67.6 Å². The molecular formula is C26H30FN3O4S. The summed E-state index contributed by atoms with van der Waals surface area (Å²) in [5.41, 5.74) is 1.64. The SMILES string of the molecule is COC(=O)N1CCC(N2CCC(c3cn(S(=O)(=O)c4cccc(F)c4)c4ccccc34)CC2)CC1. The minimum absolute atomic E-state index is 0.0575. The fourth-order valence-corrected chi connectivity index (χ4v) is 6.97. The Hall–Kier alpha value is -2.91. The van der Waals surface area contributed by atoms with Gasteiger partial charge in [-0.3, -0.25) is 0 Å². The molecule has 0 atom stereocenters. The average Bonchev–Trinajstić information content (AvgIpc) is 3.29. The summed E-state index contributed by atoms with van der Waals surface area (Å²) in [6.07, 6.45) is 5.22. The zero-order valence-corrected chi connectivity index (χ0v) is 20.6. The van der Waals surface area contributed by atoms with Gasteiger partial charge in [0.2, 0.25) is 0 Å². The number of aromatic nitrogens is 1. The van der Waals surface area contributed by atoms with Gasteiger partial charge in [-0.15, -0.1) is 0 Å². The molecule has 7 nitrogen and oxygen atoms in total. The van der Waals surface area contributed by atoms with Gasteiger partial charge in [0.05, 0.1) is 17.5 Å². The first kappa shape index (κ1) is 23.8. The molecule has 0 spiro atoms. The van der Waals surface area contributed by atoms with Crippen molar-refractivity contribution in [2.75, 3.05) is 33.3 Å². The lowest BCUT2D eigenvalue weighted by Gasteiger charge is -2.41. The van der Waals surface area contributed by atoms with Crippen molar-refractivity contribution in [3.05, 3.63) is 66.1 Å². The Bertz CT molecular complexity index is 1320. The fraction of sp³-hybridized carbons (Fsp3) is 0.423. The van der Waals surface area contributed by atoms with E-state index in [0.717, 1.165) is 55.8 Å². The fourth-order valence-electron chi connectivity index (χ4n) is 5.56. The molecule has 3 aromatic rings. The Morgan fingerprint density at radius 2 is 1.69 bits per heavy atom. The molecule has 2 fully saturated rings. The Morgan fingerprint density at radius 1 is 0.971 bits per heavy atom. The first-order valence-corrected chi connectivity index (χ1v) is 13.5. The number of fused-ring (bicyclic) bond motifs is 1. The number of carbonyl (C=O) groups is 1. The maximum absolute atomic E-state index is 13.8. The van der Waals surface area contributed by atoms with E-state index in [4.69, 9.17) is 4.74 Å². The van der Waals surface area contributed by atoms with Crippen molar-refractivity contribution in [3.63, 3.8) is 0 Å². The second kappa shape index (κ2) is 9.62. The van der Waals surface area contributed by atoms with Gasteiger partial charge in [-0.1, -0.05) is 24.3 Å². The van der Waals surface area contributed by atoms with Crippen LogP contribution in [0.3, 0.4) is 0 Å². The summed E-state index contributed by atoms with van der Waals surface area (Å²) in [6.45, 7) is 3.29. The van der Waals surface area contributed by atoms with Crippen LogP contribution in [0.25, 0.3) is 10.9 Å². The standard InChI is InChI=1S/C26H30FN3O4S/c1-34-26(31)29-15-11-21(12-16-29)28-13-9-19(10-14-28)24-18-30(25-8-3-2-7-23(24)25)35(32,33)22-6-4-5-20(27)17-22/h2-8,17-19,21H,9-16H2,1H3. The van der Waals surface area contributed by atoms with Gasteiger partial charge in [-0.25, -0.2) is 21.6 Å². The zero-order valence-electron chi connectivity index (χ0n) is 19.8. The molecule has 0 N–H and O–H groups in total. The molecule has 1 amide bonds. The number of amides is 1. The summed E-state index contributed by atoms with van der Waals surface area (Å²) < 4.78 is 46.7. The number of nitrogens with zero attached hydrogens (tertiary/aromatic N) is 3. The van der Waals surface area contributed by atoms with E-state index in [1.165, 1.54) is 29.3 Å². The first-order chi connectivity index (χ1) is 16.9. The van der Waals surface area contributed by atoms with E-state index >= 15 is 0 Å². The lowest BCUT2D eigenvalue weighted by atomic mass is 9.88. The number of methoxy groups -OCH3 is 1. The highest BCUT2D eigenvalue weighted by atomic mass is 32.2. The second-order valence-electron chi connectivity index (χ2n) is 9.36. The number of para-hydroxylation sites is 1. The van der Waals surface area contributed by atoms with Crippen molar-refractivity contribution in [2.45, 2.75) is 42.5 Å². The van der Waals surface area contributed by atoms with Gasteiger partial charge in [-0.05, 0) is 74.5 Å². The van der Waals surface area contributed by atoms with Crippen LogP contribution in [0.15, 0.2) is 59.6 Å². The third-order valence-electron chi connectivity index (χ3n) is 7.44. The summed E-state index contributed by atoms with van der Waals surface area (Å²) in [6, 6.07) is 13.1. The van der Waals surface area contributed by atoms with Gasteiger partial charge in [0.1, 0.15) is 5.82 Å². The molecular weight excluding hydrogens is 469 g/mol. The Balaban J connectivity index is 1.34. The number of piperidine rings is 2. The molecule has 1 aromatic heterocycles. The van der Waals surface area contributed by atoms with E-state index in [0.29, 0.717) is 24.6 Å². The number of ether oxygens (including phenoxy) is 1.